The predicted octanol–water partition coefficient (Wildman–Crippen LogP) is -1.63. The van der Waals surface area contributed by atoms with Gasteiger partial charge >= 0.3 is 58.2 Å². The normalized spacial score (nSPS) is 7.60. The number of amides is 1. The number of carbonyl (C=O) groups is 1. The number of hydrogen-bond donors (Lipinski definition) is 1. The van der Waals surface area contributed by atoms with Crippen molar-refractivity contribution in [3.63, 3.8) is 0 Å². The Kier molecular flexibility index (Phi) is 6.53. The van der Waals surface area contributed by atoms with E-state index in [1.165, 1.54) is 0 Å². The molecule has 0 radical (unpaired) electrons. The zero-order valence-electron chi connectivity index (χ0n) is 6.87. The molecule has 0 bridgehead atoms. The third kappa shape index (κ3) is 3.61. The molecule has 1 amide bonds. The van der Waals surface area contributed by atoms with Crippen LogP contribution < -0.4 is 63.5 Å². The number of hydrogen-bond acceptors (Lipinski definition) is 1. The third-order valence-electron chi connectivity index (χ3n) is 0.999. The van der Waals surface area contributed by atoms with Crippen LogP contribution in [0.25, 0.3) is 0 Å². The number of anilines is 1. The molecular formula is C7H8NORb. The molecule has 0 fully saturated rings. The molecule has 0 heterocycles. The SMILES string of the molecule is O=CNc1ccccc1.[H-].[Rb+]. The van der Waals surface area contributed by atoms with E-state index in [2.05, 4.69) is 5.32 Å². The molecule has 48 valence electrons. The Morgan fingerprint density at radius 3 is 2.40 bits per heavy atom. The molecule has 0 unspecified atom stereocenters. The van der Waals surface area contributed by atoms with Gasteiger partial charge in [-0.1, -0.05) is 18.2 Å². The van der Waals surface area contributed by atoms with Crippen molar-refractivity contribution in [3.8, 4) is 0 Å². The van der Waals surface area contributed by atoms with Crippen molar-refractivity contribution in [2.75, 3.05) is 5.32 Å². The summed E-state index contributed by atoms with van der Waals surface area (Å²) >= 11 is 0. The summed E-state index contributed by atoms with van der Waals surface area (Å²) in [7, 11) is 0. The first-order valence-corrected chi connectivity index (χ1v) is 2.69. The standard InChI is InChI=1S/C7H7NO.Rb.H/c9-6-8-7-4-2-1-3-5-7;;/h1-6H,(H,8,9);;/q;+1;-1. The fourth-order valence-corrected chi connectivity index (χ4v) is 0.602. The quantitative estimate of drug-likeness (QED) is 0.580. The topological polar surface area (TPSA) is 29.1 Å². The molecule has 2 nitrogen and oxygen atoms in total. The zero-order chi connectivity index (χ0) is 6.53. The molecular weight excluding hydrogens is 200 g/mol. The fourth-order valence-electron chi connectivity index (χ4n) is 0.602. The van der Waals surface area contributed by atoms with Gasteiger partial charge in [0.2, 0.25) is 6.41 Å². The van der Waals surface area contributed by atoms with Crippen molar-refractivity contribution >= 4 is 12.1 Å². The van der Waals surface area contributed by atoms with E-state index in [1.54, 1.807) is 0 Å². The Morgan fingerprint density at radius 2 is 1.90 bits per heavy atom. The number of para-hydroxylation sites is 1. The van der Waals surface area contributed by atoms with Crippen LogP contribution >= 0.6 is 0 Å². The molecule has 0 saturated carbocycles. The van der Waals surface area contributed by atoms with Gasteiger partial charge in [0.15, 0.2) is 0 Å². The minimum atomic E-state index is 0. The third-order valence-corrected chi connectivity index (χ3v) is 0.999. The minimum absolute atomic E-state index is 0. The second kappa shape index (κ2) is 6.22. The molecule has 0 atom stereocenters. The van der Waals surface area contributed by atoms with Gasteiger partial charge in [0.05, 0.1) is 0 Å². The zero-order valence-corrected chi connectivity index (χ0v) is 10.8. The van der Waals surface area contributed by atoms with Crippen LogP contribution in [0.3, 0.4) is 0 Å². The Labute approximate surface area is 110 Å². The summed E-state index contributed by atoms with van der Waals surface area (Å²) in [5.41, 5.74) is 0.826. The number of carbonyl (C=O) groups excluding carboxylic acids is 1. The summed E-state index contributed by atoms with van der Waals surface area (Å²) in [5, 5.41) is 2.53. The summed E-state index contributed by atoms with van der Waals surface area (Å²) in [6.45, 7) is 0. The molecule has 0 spiro atoms. The maximum absolute atomic E-state index is 9.86. The van der Waals surface area contributed by atoms with Crippen molar-refractivity contribution in [2.45, 2.75) is 0 Å². The van der Waals surface area contributed by atoms with Gasteiger partial charge in [0.25, 0.3) is 0 Å². The van der Waals surface area contributed by atoms with Crippen LogP contribution in [0.1, 0.15) is 1.43 Å². The van der Waals surface area contributed by atoms with Crippen LogP contribution in [0, 0.1) is 0 Å². The number of benzene rings is 1. The maximum atomic E-state index is 9.86. The van der Waals surface area contributed by atoms with E-state index in [9.17, 15) is 4.79 Å². The first-order chi connectivity index (χ1) is 4.43. The molecule has 1 aromatic rings. The second-order valence-electron chi connectivity index (χ2n) is 1.63. The van der Waals surface area contributed by atoms with Gasteiger partial charge in [0, 0.05) is 5.69 Å². The number of rotatable bonds is 2. The molecule has 0 aromatic heterocycles. The van der Waals surface area contributed by atoms with Crippen molar-refractivity contribution in [2.24, 2.45) is 0 Å². The summed E-state index contributed by atoms with van der Waals surface area (Å²) < 4.78 is 0. The Hall–Kier alpha value is 0.495. The fraction of sp³-hybridized carbons (Fsp3) is 0. The second-order valence-corrected chi connectivity index (χ2v) is 1.63. The monoisotopic (exact) mass is 207 g/mol. The molecule has 1 N–H and O–H groups in total. The van der Waals surface area contributed by atoms with E-state index in [-0.39, 0.29) is 59.6 Å². The first-order valence-electron chi connectivity index (χ1n) is 2.69. The van der Waals surface area contributed by atoms with Crippen LogP contribution in [0.4, 0.5) is 5.69 Å². The van der Waals surface area contributed by atoms with E-state index >= 15 is 0 Å². The molecule has 1 aromatic carbocycles. The molecule has 3 heteroatoms. The van der Waals surface area contributed by atoms with E-state index in [1.807, 2.05) is 30.3 Å². The van der Waals surface area contributed by atoms with Crippen molar-refractivity contribution in [1.82, 2.24) is 0 Å². The van der Waals surface area contributed by atoms with Crippen LogP contribution in [0.5, 0.6) is 0 Å². The predicted molar refractivity (Wildman–Crippen MR) is 37.2 cm³/mol. The summed E-state index contributed by atoms with van der Waals surface area (Å²) in [6, 6.07) is 9.29. The smallest absolute Gasteiger partial charge is 1.00 e. The van der Waals surface area contributed by atoms with Gasteiger partial charge in [-0.2, -0.15) is 0 Å². The number of nitrogens with one attached hydrogen (secondary N) is 1. The van der Waals surface area contributed by atoms with Crippen molar-refractivity contribution in [3.05, 3.63) is 30.3 Å². The Morgan fingerprint density at radius 1 is 1.30 bits per heavy atom. The largest absolute Gasteiger partial charge is 1.00 e. The van der Waals surface area contributed by atoms with Crippen LogP contribution in [-0.2, 0) is 4.79 Å². The Balaban J connectivity index is 0. The van der Waals surface area contributed by atoms with E-state index in [0.29, 0.717) is 6.41 Å². The minimum Gasteiger partial charge on any atom is -1.00 e. The molecule has 0 aliphatic heterocycles. The maximum Gasteiger partial charge on any atom is 1.00 e. The summed E-state index contributed by atoms with van der Waals surface area (Å²) in [6.07, 6.45) is 0.662. The first kappa shape index (κ1) is 10.5. The van der Waals surface area contributed by atoms with Gasteiger partial charge in [-0.3, -0.25) is 4.79 Å². The van der Waals surface area contributed by atoms with Gasteiger partial charge < -0.3 is 6.74 Å². The van der Waals surface area contributed by atoms with Gasteiger partial charge in [-0.25, -0.2) is 0 Å². The summed E-state index contributed by atoms with van der Waals surface area (Å²) in [4.78, 5) is 9.86. The van der Waals surface area contributed by atoms with Crippen LogP contribution in [0.15, 0.2) is 30.3 Å². The van der Waals surface area contributed by atoms with E-state index in [4.69, 9.17) is 0 Å². The molecule has 0 aliphatic rings. The average Bonchev–Trinajstić information content (AvgIpc) is 1.91. The van der Waals surface area contributed by atoms with Crippen LogP contribution in [-0.4, -0.2) is 6.41 Å². The van der Waals surface area contributed by atoms with Gasteiger partial charge in [0.1, 0.15) is 0 Å². The molecule has 1 rings (SSSR count). The molecule has 10 heavy (non-hydrogen) atoms. The van der Waals surface area contributed by atoms with Crippen LogP contribution in [0.2, 0.25) is 0 Å². The summed E-state index contributed by atoms with van der Waals surface area (Å²) in [5.74, 6) is 0. The Bertz CT molecular complexity index is 193. The average molecular weight is 208 g/mol. The molecule has 0 saturated heterocycles. The molecule has 0 aliphatic carbocycles. The van der Waals surface area contributed by atoms with Crippen molar-refractivity contribution in [1.29, 1.82) is 0 Å². The van der Waals surface area contributed by atoms with E-state index in [0.717, 1.165) is 5.69 Å². The van der Waals surface area contributed by atoms with E-state index < -0.39 is 0 Å². The van der Waals surface area contributed by atoms with Gasteiger partial charge in [-0.05, 0) is 12.1 Å². The van der Waals surface area contributed by atoms with Gasteiger partial charge in [-0.15, -0.1) is 0 Å². The van der Waals surface area contributed by atoms with Crippen molar-refractivity contribution < 1.29 is 64.4 Å².